The van der Waals surface area contributed by atoms with Gasteiger partial charge < -0.3 is 5.32 Å². The summed E-state index contributed by atoms with van der Waals surface area (Å²) in [5.74, 6) is -0.0841. The molecule has 0 aromatic heterocycles. The van der Waals surface area contributed by atoms with Crippen molar-refractivity contribution in [2.24, 2.45) is 0 Å². The van der Waals surface area contributed by atoms with Gasteiger partial charge in [-0.1, -0.05) is 29.3 Å². The van der Waals surface area contributed by atoms with E-state index in [0.29, 0.717) is 28.6 Å². The average Bonchev–Trinajstić information content (AvgIpc) is 2.19. The summed E-state index contributed by atoms with van der Waals surface area (Å²) in [4.78, 5) is 11.4. The molecule has 0 aliphatic heterocycles. The molecule has 0 spiro atoms. The van der Waals surface area contributed by atoms with Crippen LogP contribution in [-0.2, 0) is 4.79 Å². The second-order valence-electron chi connectivity index (χ2n) is 3.00. The van der Waals surface area contributed by atoms with Gasteiger partial charge in [-0.25, -0.2) is 0 Å². The van der Waals surface area contributed by atoms with E-state index in [0.717, 1.165) is 0 Å². The van der Waals surface area contributed by atoms with Gasteiger partial charge in [0, 0.05) is 11.4 Å². The van der Waals surface area contributed by atoms with Crippen LogP contribution in [0.25, 0.3) is 0 Å². The molecule has 0 atom stereocenters. The Morgan fingerprint density at radius 1 is 1.47 bits per heavy atom. The third-order valence-corrected chi connectivity index (χ3v) is 2.33. The number of rotatable bonds is 4. The molecule has 0 heterocycles. The SMILES string of the molecule is C=CCCC(=O)Nc1ccc(Cl)cc1Cl. The fourth-order valence-electron chi connectivity index (χ4n) is 1.04. The summed E-state index contributed by atoms with van der Waals surface area (Å²) in [6.07, 6.45) is 2.75. The highest BCUT2D eigenvalue weighted by atomic mass is 35.5. The highest BCUT2D eigenvalue weighted by molar-refractivity contribution is 6.36. The average molecular weight is 244 g/mol. The van der Waals surface area contributed by atoms with Crippen molar-refractivity contribution >= 4 is 34.8 Å². The lowest BCUT2D eigenvalue weighted by Gasteiger charge is -2.06. The summed E-state index contributed by atoms with van der Waals surface area (Å²) in [5.41, 5.74) is 0.579. The molecule has 1 rings (SSSR count). The number of benzene rings is 1. The zero-order valence-electron chi connectivity index (χ0n) is 8.09. The second kappa shape index (κ2) is 5.79. The molecule has 2 nitrogen and oxygen atoms in total. The van der Waals surface area contributed by atoms with Crippen molar-refractivity contribution in [1.29, 1.82) is 0 Å². The molecule has 1 N–H and O–H groups in total. The van der Waals surface area contributed by atoms with Crippen molar-refractivity contribution in [2.45, 2.75) is 12.8 Å². The van der Waals surface area contributed by atoms with Gasteiger partial charge in [-0.05, 0) is 24.6 Å². The number of nitrogens with one attached hydrogen (secondary N) is 1. The molecule has 0 unspecified atom stereocenters. The maximum absolute atomic E-state index is 11.4. The second-order valence-corrected chi connectivity index (χ2v) is 3.84. The smallest absolute Gasteiger partial charge is 0.224 e. The van der Waals surface area contributed by atoms with E-state index in [9.17, 15) is 4.79 Å². The number of halogens is 2. The van der Waals surface area contributed by atoms with Gasteiger partial charge in [0.2, 0.25) is 5.91 Å². The minimum Gasteiger partial charge on any atom is -0.325 e. The lowest BCUT2D eigenvalue weighted by Crippen LogP contribution is -2.10. The van der Waals surface area contributed by atoms with Crippen LogP contribution in [0.2, 0.25) is 10.0 Å². The topological polar surface area (TPSA) is 29.1 Å². The quantitative estimate of drug-likeness (QED) is 0.799. The van der Waals surface area contributed by atoms with Gasteiger partial charge in [-0.2, -0.15) is 0 Å². The third kappa shape index (κ3) is 3.94. The van der Waals surface area contributed by atoms with E-state index >= 15 is 0 Å². The third-order valence-electron chi connectivity index (χ3n) is 1.78. The molecule has 1 aromatic carbocycles. The zero-order chi connectivity index (χ0) is 11.3. The molecule has 0 aliphatic rings. The van der Waals surface area contributed by atoms with E-state index < -0.39 is 0 Å². The van der Waals surface area contributed by atoms with Gasteiger partial charge in [0.25, 0.3) is 0 Å². The van der Waals surface area contributed by atoms with E-state index in [-0.39, 0.29) is 5.91 Å². The first kappa shape index (κ1) is 12.1. The summed E-state index contributed by atoms with van der Waals surface area (Å²) < 4.78 is 0. The molecule has 15 heavy (non-hydrogen) atoms. The Bertz CT molecular complexity index is 377. The molecule has 0 fully saturated rings. The van der Waals surface area contributed by atoms with Gasteiger partial charge in [0.1, 0.15) is 0 Å². The number of anilines is 1. The van der Waals surface area contributed by atoms with Crippen LogP contribution in [-0.4, -0.2) is 5.91 Å². The van der Waals surface area contributed by atoms with Crippen LogP contribution >= 0.6 is 23.2 Å². The Balaban J connectivity index is 2.64. The highest BCUT2D eigenvalue weighted by Gasteiger charge is 2.05. The zero-order valence-corrected chi connectivity index (χ0v) is 9.61. The molecular formula is C11H11Cl2NO. The normalized spacial score (nSPS) is 9.73. The van der Waals surface area contributed by atoms with Crippen molar-refractivity contribution in [3.8, 4) is 0 Å². The Kier molecular flexibility index (Phi) is 4.66. The minimum absolute atomic E-state index is 0.0841. The molecule has 0 bridgehead atoms. The molecule has 0 saturated heterocycles. The van der Waals surface area contributed by atoms with E-state index in [1.807, 2.05) is 0 Å². The Morgan fingerprint density at radius 2 is 2.20 bits per heavy atom. The summed E-state index contributed by atoms with van der Waals surface area (Å²) >= 11 is 11.6. The summed E-state index contributed by atoms with van der Waals surface area (Å²) in [6.45, 7) is 3.55. The van der Waals surface area contributed by atoms with Crippen molar-refractivity contribution in [1.82, 2.24) is 0 Å². The highest BCUT2D eigenvalue weighted by Crippen LogP contribution is 2.25. The molecule has 0 radical (unpaired) electrons. The molecule has 1 aromatic rings. The van der Waals surface area contributed by atoms with E-state index in [2.05, 4.69) is 11.9 Å². The fourth-order valence-corrected chi connectivity index (χ4v) is 1.49. The Labute approximate surface area is 98.9 Å². The van der Waals surface area contributed by atoms with E-state index in [4.69, 9.17) is 23.2 Å². The van der Waals surface area contributed by atoms with Crippen molar-refractivity contribution < 1.29 is 4.79 Å². The number of carbonyl (C=O) groups is 1. The van der Waals surface area contributed by atoms with Gasteiger partial charge in [0.15, 0.2) is 0 Å². The standard InChI is InChI=1S/C11H11Cl2NO/c1-2-3-4-11(15)14-10-6-5-8(12)7-9(10)13/h2,5-7H,1,3-4H2,(H,14,15). The first-order valence-corrected chi connectivity index (χ1v) is 5.25. The largest absolute Gasteiger partial charge is 0.325 e. The van der Waals surface area contributed by atoms with Crippen LogP contribution in [0.3, 0.4) is 0 Å². The molecule has 1 amide bonds. The number of amides is 1. The van der Waals surface area contributed by atoms with Crippen LogP contribution < -0.4 is 5.32 Å². The van der Waals surface area contributed by atoms with Gasteiger partial charge in [-0.15, -0.1) is 6.58 Å². The van der Waals surface area contributed by atoms with Crippen LogP contribution in [0.5, 0.6) is 0 Å². The van der Waals surface area contributed by atoms with Crippen LogP contribution in [0.15, 0.2) is 30.9 Å². The predicted molar refractivity (Wildman–Crippen MR) is 64.5 cm³/mol. The van der Waals surface area contributed by atoms with E-state index in [1.165, 1.54) is 0 Å². The minimum atomic E-state index is -0.0841. The lowest BCUT2D eigenvalue weighted by molar-refractivity contribution is -0.116. The lowest BCUT2D eigenvalue weighted by atomic mass is 10.2. The van der Waals surface area contributed by atoms with Crippen molar-refractivity contribution in [3.05, 3.63) is 40.9 Å². The van der Waals surface area contributed by atoms with Crippen LogP contribution in [0.1, 0.15) is 12.8 Å². The maximum Gasteiger partial charge on any atom is 0.224 e. The fraction of sp³-hybridized carbons (Fsp3) is 0.182. The molecular weight excluding hydrogens is 233 g/mol. The van der Waals surface area contributed by atoms with Crippen LogP contribution in [0, 0.1) is 0 Å². The first-order chi connectivity index (χ1) is 7.13. The summed E-state index contributed by atoms with van der Waals surface area (Å²) in [6, 6.07) is 4.94. The van der Waals surface area contributed by atoms with Crippen molar-refractivity contribution in [3.63, 3.8) is 0 Å². The van der Waals surface area contributed by atoms with E-state index in [1.54, 1.807) is 24.3 Å². The van der Waals surface area contributed by atoms with Crippen molar-refractivity contribution in [2.75, 3.05) is 5.32 Å². The Morgan fingerprint density at radius 3 is 2.80 bits per heavy atom. The summed E-state index contributed by atoms with van der Waals surface area (Å²) in [7, 11) is 0. The Hall–Kier alpha value is -0.990. The number of allylic oxidation sites excluding steroid dienone is 1. The number of hydrogen-bond donors (Lipinski definition) is 1. The van der Waals surface area contributed by atoms with Gasteiger partial charge in [0.05, 0.1) is 10.7 Å². The predicted octanol–water partition coefficient (Wildman–Crippen LogP) is 3.90. The number of carbonyl (C=O) groups excluding carboxylic acids is 1. The first-order valence-electron chi connectivity index (χ1n) is 4.49. The maximum atomic E-state index is 11.4. The number of hydrogen-bond acceptors (Lipinski definition) is 1. The van der Waals surface area contributed by atoms with Crippen LogP contribution in [0.4, 0.5) is 5.69 Å². The molecule has 80 valence electrons. The molecule has 0 aliphatic carbocycles. The monoisotopic (exact) mass is 243 g/mol. The van der Waals surface area contributed by atoms with Gasteiger partial charge in [-0.3, -0.25) is 4.79 Å². The molecule has 4 heteroatoms. The molecule has 0 saturated carbocycles. The summed E-state index contributed by atoms with van der Waals surface area (Å²) in [5, 5.41) is 3.68. The van der Waals surface area contributed by atoms with Gasteiger partial charge >= 0.3 is 0 Å².